The predicted octanol–water partition coefficient (Wildman–Crippen LogP) is 3.47. The van der Waals surface area contributed by atoms with E-state index in [2.05, 4.69) is 20.9 Å². The minimum Gasteiger partial charge on any atom is -0.369 e. The molecule has 1 atom stereocenters. The molecule has 3 rings (SSSR count). The Morgan fingerprint density at radius 2 is 1.96 bits per heavy atom. The molecule has 1 aromatic carbocycles. The van der Waals surface area contributed by atoms with E-state index in [4.69, 9.17) is 5.26 Å². The van der Waals surface area contributed by atoms with Crippen LogP contribution in [0.4, 0.5) is 24.7 Å². The maximum atomic E-state index is 12.9. The van der Waals surface area contributed by atoms with E-state index in [0.717, 1.165) is 37.5 Å². The molecule has 1 aliphatic heterocycles. The van der Waals surface area contributed by atoms with Crippen LogP contribution in [0.15, 0.2) is 36.7 Å². The van der Waals surface area contributed by atoms with Crippen molar-refractivity contribution in [3.63, 3.8) is 0 Å². The van der Waals surface area contributed by atoms with Gasteiger partial charge in [-0.2, -0.15) is 18.4 Å². The fourth-order valence-electron chi connectivity index (χ4n) is 3.13. The van der Waals surface area contributed by atoms with Gasteiger partial charge in [-0.15, -0.1) is 0 Å². The molecule has 0 amide bonds. The van der Waals surface area contributed by atoms with Crippen LogP contribution in [0.1, 0.15) is 24.1 Å². The molecule has 1 unspecified atom stereocenters. The maximum Gasteiger partial charge on any atom is 0.433 e. The highest BCUT2D eigenvalue weighted by atomic mass is 19.4. The van der Waals surface area contributed by atoms with Crippen LogP contribution in [0, 0.1) is 11.3 Å². The van der Waals surface area contributed by atoms with Crippen LogP contribution in [0.3, 0.4) is 0 Å². The lowest BCUT2D eigenvalue weighted by molar-refractivity contribution is -0.141. The zero-order valence-electron chi connectivity index (χ0n) is 14.2. The standard InChI is InChI=1S/C18H18F3N5/c1-25(17-9-16(18(19,20)21)23-12-24-17)15-3-2-8-26(11-15)14-6-4-13(10-22)5-7-14/h4-7,9,12,15H,2-3,8,11H2,1H3. The largest absolute Gasteiger partial charge is 0.433 e. The number of benzene rings is 1. The summed E-state index contributed by atoms with van der Waals surface area (Å²) in [4.78, 5) is 11.3. The topological polar surface area (TPSA) is 56.1 Å². The van der Waals surface area contributed by atoms with Gasteiger partial charge in [-0.1, -0.05) is 0 Å². The van der Waals surface area contributed by atoms with Gasteiger partial charge in [0.15, 0.2) is 0 Å². The van der Waals surface area contributed by atoms with Gasteiger partial charge in [-0.05, 0) is 37.1 Å². The number of likely N-dealkylation sites (N-methyl/N-ethyl adjacent to an activating group) is 1. The third kappa shape index (κ3) is 3.87. The summed E-state index contributed by atoms with van der Waals surface area (Å²) in [5.41, 5.74) is 0.662. The van der Waals surface area contributed by atoms with Gasteiger partial charge in [0.05, 0.1) is 11.6 Å². The molecule has 1 saturated heterocycles. The summed E-state index contributed by atoms with van der Waals surface area (Å²) in [6.07, 6.45) is -1.74. The molecule has 0 bridgehead atoms. The van der Waals surface area contributed by atoms with Crippen molar-refractivity contribution in [2.45, 2.75) is 25.1 Å². The molecule has 0 aliphatic carbocycles. The summed E-state index contributed by atoms with van der Waals surface area (Å²) in [6.45, 7) is 1.54. The lowest BCUT2D eigenvalue weighted by Gasteiger charge is -2.39. The van der Waals surface area contributed by atoms with Gasteiger partial charge in [-0.25, -0.2) is 9.97 Å². The molecule has 2 aromatic rings. The molecule has 5 nitrogen and oxygen atoms in total. The van der Waals surface area contributed by atoms with Crippen LogP contribution in [-0.4, -0.2) is 36.1 Å². The van der Waals surface area contributed by atoms with Crippen molar-refractivity contribution in [1.29, 1.82) is 5.26 Å². The van der Waals surface area contributed by atoms with E-state index in [-0.39, 0.29) is 11.9 Å². The van der Waals surface area contributed by atoms with Crippen molar-refractivity contribution >= 4 is 11.5 Å². The van der Waals surface area contributed by atoms with Gasteiger partial charge >= 0.3 is 6.18 Å². The van der Waals surface area contributed by atoms with E-state index in [9.17, 15) is 13.2 Å². The third-order valence-corrected chi connectivity index (χ3v) is 4.61. The fraction of sp³-hybridized carbons (Fsp3) is 0.389. The molecule has 1 aromatic heterocycles. The van der Waals surface area contributed by atoms with Crippen molar-refractivity contribution in [3.8, 4) is 6.07 Å². The van der Waals surface area contributed by atoms with Gasteiger partial charge in [0, 0.05) is 37.9 Å². The third-order valence-electron chi connectivity index (χ3n) is 4.61. The Kier molecular flexibility index (Phi) is 4.98. The molecule has 0 radical (unpaired) electrons. The molecule has 1 aliphatic rings. The molecule has 1 fully saturated rings. The van der Waals surface area contributed by atoms with Crippen molar-refractivity contribution in [3.05, 3.63) is 47.9 Å². The lowest BCUT2D eigenvalue weighted by Crippen LogP contribution is -2.47. The van der Waals surface area contributed by atoms with E-state index in [1.54, 1.807) is 24.1 Å². The summed E-state index contributed by atoms with van der Waals surface area (Å²) < 4.78 is 38.6. The van der Waals surface area contributed by atoms with Crippen LogP contribution < -0.4 is 9.80 Å². The Balaban J connectivity index is 1.75. The number of nitrogens with zero attached hydrogens (tertiary/aromatic N) is 5. The summed E-state index contributed by atoms with van der Waals surface area (Å²) >= 11 is 0. The molecular weight excluding hydrogens is 343 g/mol. The van der Waals surface area contributed by atoms with Gasteiger partial charge in [0.25, 0.3) is 0 Å². The first kappa shape index (κ1) is 18.0. The fourth-order valence-corrected chi connectivity index (χ4v) is 3.13. The van der Waals surface area contributed by atoms with Crippen molar-refractivity contribution in [2.75, 3.05) is 29.9 Å². The van der Waals surface area contributed by atoms with Crippen molar-refractivity contribution in [2.24, 2.45) is 0 Å². The minimum atomic E-state index is -4.49. The van der Waals surface area contributed by atoms with E-state index in [0.29, 0.717) is 12.1 Å². The summed E-state index contributed by atoms with van der Waals surface area (Å²) in [5.74, 6) is 0.263. The molecule has 8 heteroatoms. The van der Waals surface area contributed by atoms with Crippen LogP contribution >= 0.6 is 0 Å². The molecule has 2 heterocycles. The van der Waals surface area contributed by atoms with Gasteiger partial charge < -0.3 is 9.80 Å². The van der Waals surface area contributed by atoms with Crippen LogP contribution in [0.25, 0.3) is 0 Å². The number of aromatic nitrogens is 2. The lowest BCUT2D eigenvalue weighted by atomic mass is 10.0. The highest BCUT2D eigenvalue weighted by Gasteiger charge is 2.34. The molecule has 136 valence electrons. The Bertz CT molecular complexity index is 798. The first-order valence-corrected chi connectivity index (χ1v) is 8.25. The van der Waals surface area contributed by atoms with Crippen LogP contribution in [0.5, 0.6) is 0 Å². The van der Waals surface area contributed by atoms with Gasteiger partial charge in [0.1, 0.15) is 17.8 Å². The molecule has 26 heavy (non-hydrogen) atoms. The summed E-state index contributed by atoms with van der Waals surface area (Å²) in [7, 11) is 1.76. The first-order valence-electron chi connectivity index (χ1n) is 8.25. The molecule has 0 spiro atoms. The molecule has 0 saturated carbocycles. The van der Waals surface area contributed by atoms with Crippen molar-refractivity contribution < 1.29 is 13.2 Å². The van der Waals surface area contributed by atoms with Crippen molar-refractivity contribution in [1.82, 2.24) is 9.97 Å². The SMILES string of the molecule is CN(c1cc(C(F)(F)F)ncn1)C1CCCN(c2ccc(C#N)cc2)C1. The van der Waals surface area contributed by atoms with Crippen LogP contribution in [-0.2, 0) is 6.18 Å². The van der Waals surface area contributed by atoms with E-state index in [1.807, 2.05) is 12.1 Å². The summed E-state index contributed by atoms with van der Waals surface area (Å²) in [6, 6.07) is 10.4. The minimum absolute atomic E-state index is 0.0374. The maximum absolute atomic E-state index is 12.9. The second kappa shape index (κ2) is 7.20. The van der Waals surface area contributed by atoms with E-state index >= 15 is 0 Å². The van der Waals surface area contributed by atoms with E-state index < -0.39 is 11.9 Å². The number of rotatable bonds is 3. The average Bonchev–Trinajstić information content (AvgIpc) is 2.67. The number of nitriles is 1. The number of halogens is 3. The molecular formula is C18H18F3N5. The Labute approximate surface area is 149 Å². The number of hydrogen-bond acceptors (Lipinski definition) is 5. The zero-order valence-corrected chi connectivity index (χ0v) is 14.2. The number of anilines is 2. The second-order valence-corrected chi connectivity index (χ2v) is 6.27. The van der Waals surface area contributed by atoms with Gasteiger partial charge in [-0.3, -0.25) is 0 Å². The first-order chi connectivity index (χ1) is 12.4. The predicted molar refractivity (Wildman–Crippen MR) is 91.8 cm³/mol. The Morgan fingerprint density at radius 3 is 2.62 bits per heavy atom. The summed E-state index contributed by atoms with van der Waals surface area (Å²) in [5, 5.41) is 8.90. The second-order valence-electron chi connectivity index (χ2n) is 6.27. The normalized spacial score (nSPS) is 17.7. The highest BCUT2D eigenvalue weighted by molar-refractivity contribution is 5.51. The Morgan fingerprint density at radius 1 is 1.23 bits per heavy atom. The quantitative estimate of drug-likeness (QED) is 0.838. The van der Waals surface area contributed by atoms with Gasteiger partial charge in [0.2, 0.25) is 0 Å². The average molecular weight is 361 g/mol. The monoisotopic (exact) mass is 361 g/mol. The number of alkyl halides is 3. The van der Waals surface area contributed by atoms with E-state index in [1.165, 1.54) is 0 Å². The Hall–Kier alpha value is -2.82. The number of piperidine rings is 1. The smallest absolute Gasteiger partial charge is 0.369 e. The number of hydrogen-bond donors (Lipinski definition) is 0. The van der Waals surface area contributed by atoms with Crippen LogP contribution in [0.2, 0.25) is 0 Å². The molecule has 0 N–H and O–H groups in total. The highest BCUT2D eigenvalue weighted by Crippen LogP contribution is 2.30. The zero-order chi connectivity index (χ0) is 18.7.